The summed E-state index contributed by atoms with van der Waals surface area (Å²) in [5.74, 6) is 1.01. The molecule has 4 nitrogen and oxygen atoms in total. The van der Waals surface area contributed by atoms with E-state index in [4.69, 9.17) is 27.2 Å². The molecule has 0 radical (unpaired) electrons. The SMILES string of the molecule is CC(C)(C)CCN1C[C@H]2CC(OC(=N)/C=C\C(=[NH2+])c3cc(F)ccc3Cl)C[C@H]2C1. The van der Waals surface area contributed by atoms with Crippen molar-refractivity contribution in [2.45, 2.75) is 46.1 Å². The van der Waals surface area contributed by atoms with Gasteiger partial charge in [-0.25, -0.2) is 4.39 Å². The summed E-state index contributed by atoms with van der Waals surface area (Å²) in [6.07, 6.45) is 6.37. The van der Waals surface area contributed by atoms with E-state index in [-0.39, 0.29) is 12.0 Å². The van der Waals surface area contributed by atoms with Crippen LogP contribution in [0.2, 0.25) is 5.02 Å². The summed E-state index contributed by atoms with van der Waals surface area (Å²) >= 11 is 6.07. The van der Waals surface area contributed by atoms with Gasteiger partial charge < -0.3 is 9.64 Å². The van der Waals surface area contributed by atoms with E-state index >= 15 is 0 Å². The van der Waals surface area contributed by atoms with Crippen LogP contribution in [0.1, 0.15) is 45.6 Å². The zero-order valence-electron chi connectivity index (χ0n) is 17.6. The number of benzene rings is 1. The molecule has 6 heteroatoms. The van der Waals surface area contributed by atoms with Crippen molar-refractivity contribution in [1.29, 1.82) is 5.41 Å². The summed E-state index contributed by atoms with van der Waals surface area (Å²) in [4.78, 5) is 2.58. The van der Waals surface area contributed by atoms with Gasteiger partial charge in [0.05, 0.1) is 10.6 Å². The molecule has 1 saturated heterocycles. The topological polar surface area (TPSA) is 61.9 Å². The molecule has 1 aliphatic carbocycles. The van der Waals surface area contributed by atoms with Gasteiger partial charge in [-0.2, -0.15) is 0 Å². The van der Waals surface area contributed by atoms with E-state index in [1.807, 2.05) is 0 Å². The third-order valence-corrected chi connectivity index (χ3v) is 6.24. The van der Waals surface area contributed by atoms with Gasteiger partial charge in [0.1, 0.15) is 11.9 Å². The number of hydrogen-bond acceptors (Lipinski definition) is 3. The van der Waals surface area contributed by atoms with Crippen LogP contribution in [0.25, 0.3) is 0 Å². The molecule has 1 unspecified atom stereocenters. The largest absolute Gasteiger partial charge is 0.475 e. The van der Waals surface area contributed by atoms with Crippen LogP contribution in [0.15, 0.2) is 30.4 Å². The maximum atomic E-state index is 13.4. The highest BCUT2D eigenvalue weighted by molar-refractivity contribution is 6.34. The first-order valence-electron chi connectivity index (χ1n) is 10.3. The van der Waals surface area contributed by atoms with Crippen molar-refractivity contribution in [3.63, 3.8) is 0 Å². The molecule has 2 aliphatic rings. The Kier molecular flexibility index (Phi) is 6.79. The number of nitrogens with one attached hydrogen (secondary N) is 1. The highest BCUT2D eigenvalue weighted by Gasteiger charge is 2.41. The van der Waals surface area contributed by atoms with E-state index in [1.165, 1.54) is 37.2 Å². The predicted molar refractivity (Wildman–Crippen MR) is 116 cm³/mol. The second kappa shape index (κ2) is 8.97. The highest BCUT2D eigenvalue weighted by Crippen LogP contribution is 2.40. The van der Waals surface area contributed by atoms with Crippen molar-refractivity contribution in [2.75, 3.05) is 19.6 Å². The lowest BCUT2D eigenvalue weighted by molar-refractivity contribution is -0.111. The highest BCUT2D eigenvalue weighted by atomic mass is 35.5. The average Bonchev–Trinajstić information content (AvgIpc) is 3.17. The van der Waals surface area contributed by atoms with Crippen molar-refractivity contribution < 1.29 is 14.5 Å². The minimum absolute atomic E-state index is 0.0787. The van der Waals surface area contributed by atoms with Crippen molar-refractivity contribution in [3.05, 3.63) is 46.8 Å². The summed E-state index contributed by atoms with van der Waals surface area (Å²) in [6.45, 7) is 10.3. The van der Waals surface area contributed by atoms with E-state index in [9.17, 15) is 4.39 Å². The van der Waals surface area contributed by atoms with Crippen molar-refractivity contribution in [3.8, 4) is 0 Å². The van der Waals surface area contributed by atoms with E-state index in [2.05, 4.69) is 25.7 Å². The first-order valence-corrected chi connectivity index (χ1v) is 10.7. The molecule has 3 N–H and O–H groups in total. The Hall–Kier alpha value is -1.72. The van der Waals surface area contributed by atoms with Crippen LogP contribution >= 0.6 is 11.6 Å². The monoisotopic (exact) mass is 420 g/mol. The fourth-order valence-electron chi connectivity index (χ4n) is 4.31. The van der Waals surface area contributed by atoms with E-state index in [1.54, 1.807) is 6.08 Å². The number of fused-ring (bicyclic) bond motifs is 1. The number of likely N-dealkylation sites (tertiary alicyclic amines) is 1. The summed E-state index contributed by atoms with van der Waals surface area (Å²) in [6, 6.07) is 4.04. The number of halogens is 2. The Morgan fingerprint density at radius 3 is 2.55 bits per heavy atom. The Morgan fingerprint density at radius 2 is 1.93 bits per heavy atom. The van der Waals surface area contributed by atoms with Gasteiger partial charge in [-0.05, 0) is 61.3 Å². The van der Waals surface area contributed by atoms with E-state index in [0.29, 0.717) is 33.5 Å². The molecule has 29 heavy (non-hydrogen) atoms. The Bertz CT molecular complexity index is 788. The molecule has 1 aliphatic heterocycles. The summed E-state index contributed by atoms with van der Waals surface area (Å²) < 4.78 is 19.2. The predicted octanol–water partition coefficient (Wildman–Crippen LogP) is 3.72. The normalized spacial score (nSPS) is 24.8. The molecule has 1 aromatic carbocycles. The molecule has 0 bridgehead atoms. The van der Waals surface area contributed by atoms with E-state index < -0.39 is 5.82 Å². The first-order chi connectivity index (χ1) is 13.6. The lowest BCUT2D eigenvalue weighted by Crippen LogP contribution is -2.39. The van der Waals surface area contributed by atoms with Crippen LogP contribution in [0, 0.1) is 28.5 Å². The zero-order chi connectivity index (χ0) is 21.2. The van der Waals surface area contributed by atoms with Gasteiger partial charge in [0.25, 0.3) is 0 Å². The maximum absolute atomic E-state index is 13.4. The molecular weight excluding hydrogens is 389 g/mol. The molecule has 0 aromatic heterocycles. The minimum atomic E-state index is -0.402. The van der Waals surface area contributed by atoms with Crippen molar-refractivity contribution in [1.82, 2.24) is 4.90 Å². The van der Waals surface area contributed by atoms with Crippen molar-refractivity contribution in [2.24, 2.45) is 17.3 Å². The molecule has 3 atom stereocenters. The summed E-state index contributed by atoms with van der Waals surface area (Å²) in [7, 11) is 0. The zero-order valence-corrected chi connectivity index (χ0v) is 18.3. The number of ether oxygens (including phenoxy) is 1. The van der Waals surface area contributed by atoms with Crippen LogP contribution in [-0.2, 0) is 4.74 Å². The molecule has 2 fully saturated rings. The second-order valence-corrected chi connectivity index (χ2v) is 9.99. The molecule has 0 spiro atoms. The summed E-state index contributed by atoms with van der Waals surface area (Å²) in [5.41, 5.74) is 1.10. The maximum Gasteiger partial charge on any atom is 0.206 e. The number of allylic oxidation sites excluding steroid dienone is 1. The molecule has 0 amide bonds. The van der Waals surface area contributed by atoms with Gasteiger partial charge in [-0.3, -0.25) is 10.8 Å². The first kappa shape index (κ1) is 22.0. The van der Waals surface area contributed by atoms with Crippen LogP contribution in [0.3, 0.4) is 0 Å². The van der Waals surface area contributed by atoms with Gasteiger partial charge in [-0.1, -0.05) is 32.4 Å². The Labute approximate surface area is 178 Å². The third-order valence-electron chi connectivity index (χ3n) is 5.91. The fourth-order valence-corrected chi connectivity index (χ4v) is 4.53. The van der Waals surface area contributed by atoms with E-state index in [0.717, 1.165) is 25.9 Å². The Morgan fingerprint density at radius 1 is 1.28 bits per heavy atom. The number of nitrogens with two attached hydrogens (primary N) is 1. The molecule has 3 rings (SSSR count). The van der Waals surface area contributed by atoms with Crippen LogP contribution < -0.4 is 5.41 Å². The smallest absolute Gasteiger partial charge is 0.206 e. The minimum Gasteiger partial charge on any atom is -0.475 e. The molecular formula is C23H32ClFN3O+. The molecule has 1 aromatic rings. The summed E-state index contributed by atoms with van der Waals surface area (Å²) in [5, 5.41) is 14.5. The van der Waals surface area contributed by atoms with Crippen LogP contribution in [0.4, 0.5) is 4.39 Å². The van der Waals surface area contributed by atoms with Gasteiger partial charge in [0, 0.05) is 25.2 Å². The fraction of sp³-hybridized carbons (Fsp3) is 0.565. The number of nitrogens with zero attached hydrogens (tertiary/aromatic N) is 1. The molecule has 1 saturated carbocycles. The van der Waals surface area contributed by atoms with Gasteiger partial charge in [0.15, 0.2) is 0 Å². The molecule has 158 valence electrons. The van der Waals surface area contributed by atoms with Gasteiger partial charge in [0.2, 0.25) is 11.6 Å². The lowest BCUT2D eigenvalue weighted by Gasteiger charge is -2.24. The second-order valence-electron chi connectivity index (χ2n) is 9.58. The molecule has 1 heterocycles. The van der Waals surface area contributed by atoms with Gasteiger partial charge >= 0.3 is 0 Å². The quantitative estimate of drug-likeness (QED) is 0.544. The Balaban J connectivity index is 1.45. The van der Waals surface area contributed by atoms with Crippen molar-refractivity contribution >= 4 is 23.2 Å². The third kappa shape index (κ3) is 6.13. The number of hydrogen-bond donors (Lipinski definition) is 2. The lowest BCUT2D eigenvalue weighted by atomic mass is 9.92. The van der Waals surface area contributed by atoms with Crippen LogP contribution in [-0.4, -0.2) is 42.2 Å². The van der Waals surface area contributed by atoms with Gasteiger partial charge in [-0.15, -0.1) is 0 Å². The number of rotatable bonds is 6. The van der Waals surface area contributed by atoms with Crippen LogP contribution in [0.5, 0.6) is 0 Å². The average molecular weight is 421 g/mol. The standard InChI is InChI=1S/C23H31ClFN3O/c1-23(2,3)8-9-28-13-15-10-18(11-16(15)14-28)29-22(27)7-6-21(26)19-12-17(25)4-5-20(19)24/h4-7,12,15-16,18,26-27H,8-11,13-14H2,1-3H3/p+1/b7-6-,26-21?,27-22?/t15-,16+,18?.